The lowest BCUT2D eigenvalue weighted by Crippen LogP contribution is -2.24. The lowest BCUT2D eigenvalue weighted by molar-refractivity contribution is 0.0682. The number of hydrogen-bond acceptors (Lipinski definition) is 6. The highest BCUT2D eigenvalue weighted by Crippen LogP contribution is 2.50. The third-order valence-electron chi connectivity index (χ3n) is 6.37. The van der Waals surface area contributed by atoms with E-state index in [0.29, 0.717) is 18.5 Å². The quantitative estimate of drug-likeness (QED) is 0.277. The molecular formula is C27H34BrN3O3. The Labute approximate surface area is 210 Å². The predicted octanol–water partition coefficient (Wildman–Crippen LogP) is 6.67. The Bertz CT molecular complexity index is 1120. The SMILES string of the molecule is CCN(CC)c1nc(OC[C@H](C)OC)nc2c(O[C@@H](C)c3ccccc3)c(Br)c(C3CC3)cc12. The molecule has 7 heteroatoms. The summed E-state index contributed by atoms with van der Waals surface area (Å²) in [5.74, 6) is 2.16. The number of rotatable bonds is 11. The number of anilines is 1. The molecule has 1 fully saturated rings. The van der Waals surface area contributed by atoms with Gasteiger partial charge in [0.2, 0.25) is 0 Å². The van der Waals surface area contributed by atoms with E-state index < -0.39 is 0 Å². The molecule has 1 aliphatic carbocycles. The maximum absolute atomic E-state index is 6.63. The molecule has 0 radical (unpaired) electrons. The topological polar surface area (TPSA) is 56.7 Å². The van der Waals surface area contributed by atoms with Gasteiger partial charge in [-0.25, -0.2) is 0 Å². The molecule has 0 N–H and O–H groups in total. The molecule has 34 heavy (non-hydrogen) atoms. The Balaban J connectivity index is 1.88. The van der Waals surface area contributed by atoms with Crippen molar-refractivity contribution in [1.29, 1.82) is 0 Å². The lowest BCUT2D eigenvalue weighted by Gasteiger charge is -2.25. The standard InChI is InChI=1S/C27H34BrN3O3/c1-6-31(7-2)26-22-15-21(20-13-14-20)23(28)25(34-18(4)19-11-9-8-10-12-19)24(22)29-27(30-26)33-16-17(3)32-5/h8-12,15,17-18,20H,6-7,13-14,16H2,1-5H3/t17-,18-/m0/s1. The van der Waals surface area contributed by atoms with Crippen molar-refractivity contribution in [3.8, 4) is 11.8 Å². The molecule has 6 nitrogen and oxygen atoms in total. The highest BCUT2D eigenvalue weighted by molar-refractivity contribution is 9.10. The highest BCUT2D eigenvalue weighted by atomic mass is 79.9. The monoisotopic (exact) mass is 527 g/mol. The minimum atomic E-state index is -0.139. The van der Waals surface area contributed by atoms with Crippen LogP contribution in [0.25, 0.3) is 10.9 Å². The summed E-state index contributed by atoms with van der Waals surface area (Å²) in [5.41, 5.74) is 3.14. The molecular weight excluding hydrogens is 494 g/mol. The fourth-order valence-electron chi connectivity index (χ4n) is 4.05. The van der Waals surface area contributed by atoms with E-state index in [-0.39, 0.29) is 12.2 Å². The minimum Gasteiger partial charge on any atom is -0.483 e. The molecule has 1 aliphatic rings. The Hall–Kier alpha value is -2.38. The number of aromatic nitrogens is 2. The number of methoxy groups -OCH3 is 1. The number of halogens is 1. The van der Waals surface area contributed by atoms with E-state index in [2.05, 4.69) is 59.8 Å². The molecule has 1 saturated carbocycles. The van der Waals surface area contributed by atoms with E-state index in [4.69, 9.17) is 24.2 Å². The minimum absolute atomic E-state index is 0.0611. The van der Waals surface area contributed by atoms with Gasteiger partial charge in [-0.2, -0.15) is 9.97 Å². The zero-order chi connectivity index (χ0) is 24.2. The molecule has 0 aliphatic heterocycles. The number of nitrogens with zero attached hydrogens (tertiary/aromatic N) is 3. The maximum atomic E-state index is 6.63. The molecule has 0 saturated heterocycles. The first-order chi connectivity index (χ1) is 16.5. The van der Waals surface area contributed by atoms with Crippen LogP contribution in [0, 0.1) is 0 Å². The zero-order valence-electron chi connectivity index (χ0n) is 20.7. The Morgan fingerprint density at radius 1 is 1.09 bits per heavy atom. The van der Waals surface area contributed by atoms with E-state index in [9.17, 15) is 0 Å². The summed E-state index contributed by atoms with van der Waals surface area (Å²) in [6, 6.07) is 12.8. The van der Waals surface area contributed by atoms with E-state index in [0.717, 1.165) is 45.6 Å². The van der Waals surface area contributed by atoms with Crippen LogP contribution in [0.3, 0.4) is 0 Å². The Morgan fingerprint density at radius 2 is 1.79 bits per heavy atom. The second kappa shape index (κ2) is 10.9. The van der Waals surface area contributed by atoms with Gasteiger partial charge in [-0.3, -0.25) is 0 Å². The van der Waals surface area contributed by atoms with Crippen LogP contribution in [0.5, 0.6) is 11.8 Å². The summed E-state index contributed by atoms with van der Waals surface area (Å²) < 4.78 is 18.9. The van der Waals surface area contributed by atoms with Crippen LogP contribution in [0.4, 0.5) is 5.82 Å². The van der Waals surface area contributed by atoms with Crippen molar-refractivity contribution in [2.75, 3.05) is 31.7 Å². The molecule has 2 aromatic carbocycles. The summed E-state index contributed by atoms with van der Waals surface area (Å²) in [5, 5.41) is 0.996. The first-order valence-corrected chi connectivity index (χ1v) is 12.9. The van der Waals surface area contributed by atoms with Crippen molar-refractivity contribution in [1.82, 2.24) is 9.97 Å². The van der Waals surface area contributed by atoms with E-state index >= 15 is 0 Å². The van der Waals surface area contributed by atoms with Crippen LogP contribution in [0.2, 0.25) is 0 Å². The Kier molecular flexibility index (Phi) is 7.94. The molecule has 3 aromatic rings. The lowest BCUT2D eigenvalue weighted by atomic mass is 10.1. The van der Waals surface area contributed by atoms with Gasteiger partial charge in [0.1, 0.15) is 24.0 Å². The van der Waals surface area contributed by atoms with E-state index in [1.807, 2.05) is 25.1 Å². The van der Waals surface area contributed by atoms with Gasteiger partial charge in [0.05, 0.1) is 10.6 Å². The summed E-state index contributed by atoms with van der Waals surface area (Å²) in [6.07, 6.45) is 2.18. The third-order valence-corrected chi connectivity index (χ3v) is 7.18. The number of benzene rings is 2. The molecule has 0 spiro atoms. The van der Waals surface area contributed by atoms with Crippen molar-refractivity contribution in [3.05, 3.63) is 52.0 Å². The van der Waals surface area contributed by atoms with Crippen molar-refractivity contribution >= 4 is 32.7 Å². The first kappa shape index (κ1) is 24.7. The fraction of sp³-hybridized carbons (Fsp3) is 0.481. The zero-order valence-corrected chi connectivity index (χ0v) is 22.3. The van der Waals surface area contributed by atoms with Crippen molar-refractivity contribution in [3.63, 3.8) is 0 Å². The van der Waals surface area contributed by atoms with Crippen LogP contribution >= 0.6 is 15.9 Å². The predicted molar refractivity (Wildman–Crippen MR) is 140 cm³/mol. The number of fused-ring (bicyclic) bond motifs is 1. The van der Waals surface area contributed by atoms with Crippen molar-refractivity contribution < 1.29 is 14.2 Å². The average Bonchev–Trinajstić information content (AvgIpc) is 3.70. The Morgan fingerprint density at radius 3 is 2.41 bits per heavy atom. The number of hydrogen-bond donors (Lipinski definition) is 0. The van der Waals surface area contributed by atoms with Crippen LogP contribution in [0.15, 0.2) is 40.9 Å². The smallest absolute Gasteiger partial charge is 0.319 e. The summed E-state index contributed by atoms with van der Waals surface area (Å²) in [7, 11) is 1.67. The molecule has 2 atom stereocenters. The second-order valence-corrected chi connectivity index (χ2v) is 9.60. The molecule has 1 heterocycles. The summed E-state index contributed by atoms with van der Waals surface area (Å²) in [4.78, 5) is 11.9. The van der Waals surface area contributed by atoms with Gasteiger partial charge < -0.3 is 19.1 Å². The number of ether oxygens (including phenoxy) is 3. The second-order valence-electron chi connectivity index (χ2n) is 8.81. The van der Waals surface area contributed by atoms with Crippen molar-refractivity contribution in [2.45, 2.75) is 58.7 Å². The molecule has 0 bridgehead atoms. The van der Waals surface area contributed by atoms with Crippen molar-refractivity contribution in [2.24, 2.45) is 0 Å². The van der Waals surface area contributed by atoms with E-state index in [1.165, 1.54) is 18.4 Å². The molecule has 182 valence electrons. The molecule has 0 unspecified atom stereocenters. The van der Waals surface area contributed by atoms with E-state index in [1.54, 1.807) is 7.11 Å². The first-order valence-electron chi connectivity index (χ1n) is 12.1. The highest BCUT2D eigenvalue weighted by Gasteiger charge is 2.31. The average molecular weight is 528 g/mol. The largest absolute Gasteiger partial charge is 0.483 e. The van der Waals surface area contributed by atoms with Crippen LogP contribution < -0.4 is 14.4 Å². The summed E-state index contributed by atoms with van der Waals surface area (Å²) >= 11 is 3.88. The van der Waals surface area contributed by atoms with Gasteiger partial charge in [-0.05, 0) is 79.6 Å². The molecule has 4 rings (SSSR count). The van der Waals surface area contributed by atoms with Gasteiger partial charge in [0.15, 0.2) is 5.75 Å². The van der Waals surface area contributed by atoms with Gasteiger partial charge >= 0.3 is 6.01 Å². The maximum Gasteiger partial charge on any atom is 0.319 e. The van der Waals surface area contributed by atoms with Gasteiger partial charge in [-0.1, -0.05) is 30.3 Å². The molecule has 0 amide bonds. The third kappa shape index (κ3) is 5.31. The fourth-order valence-corrected chi connectivity index (χ4v) is 4.77. The summed E-state index contributed by atoms with van der Waals surface area (Å²) in [6.45, 7) is 10.4. The van der Waals surface area contributed by atoms with Gasteiger partial charge in [0, 0.05) is 25.6 Å². The molecule has 1 aromatic heterocycles. The van der Waals surface area contributed by atoms with Gasteiger partial charge in [0.25, 0.3) is 0 Å². The van der Waals surface area contributed by atoms with Crippen LogP contribution in [-0.4, -0.2) is 42.9 Å². The van der Waals surface area contributed by atoms with Crippen LogP contribution in [-0.2, 0) is 4.74 Å². The normalized spacial score (nSPS) is 15.2. The van der Waals surface area contributed by atoms with Gasteiger partial charge in [-0.15, -0.1) is 0 Å². The van der Waals surface area contributed by atoms with Crippen LogP contribution in [0.1, 0.15) is 63.7 Å².